The Labute approximate surface area is 179 Å². The van der Waals surface area contributed by atoms with Crippen molar-refractivity contribution in [1.29, 1.82) is 0 Å². The lowest BCUT2D eigenvalue weighted by Crippen LogP contribution is -2.41. The fourth-order valence-electron chi connectivity index (χ4n) is 4.15. The first-order chi connectivity index (χ1) is 14.5. The van der Waals surface area contributed by atoms with Gasteiger partial charge in [-0.15, -0.1) is 11.3 Å². The summed E-state index contributed by atoms with van der Waals surface area (Å²) in [6.45, 7) is 1.47. The highest BCUT2D eigenvalue weighted by molar-refractivity contribution is 7.93. The van der Waals surface area contributed by atoms with Gasteiger partial charge in [0.2, 0.25) is 5.91 Å². The van der Waals surface area contributed by atoms with E-state index in [4.69, 9.17) is 0 Å². The van der Waals surface area contributed by atoms with E-state index >= 15 is 0 Å². The van der Waals surface area contributed by atoms with Crippen LogP contribution in [0.3, 0.4) is 0 Å². The number of nitrogens with zero attached hydrogens (tertiary/aromatic N) is 3. The molecule has 1 saturated heterocycles. The zero-order chi connectivity index (χ0) is 20.7. The summed E-state index contributed by atoms with van der Waals surface area (Å²) in [6.07, 6.45) is 3.25. The summed E-state index contributed by atoms with van der Waals surface area (Å²) in [5.74, 6) is 0.0585. The Bertz CT molecular complexity index is 1180. The third-order valence-corrected chi connectivity index (χ3v) is 7.76. The molecule has 2 aromatic carbocycles. The lowest BCUT2D eigenvalue weighted by atomic mass is 10.1. The molecule has 0 aliphatic carbocycles. The van der Waals surface area contributed by atoms with E-state index in [0.717, 1.165) is 25.1 Å². The number of hydrogen-bond acceptors (Lipinski definition) is 6. The van der Waals surface area contributed by atoms with E-state index in [1.165, 1.54) is 29.0 Å². The van der Waals surface area contributed by atoms with Gasteiger partial charge in [-0.25, -0.2) is 13.4 Å². The number of thiazole rings is 1. The second-order valence-electron chi connectivity index (χ2n) is 7.30. The predicted molar refractivity (Wildman–Crippen MR) is 118 cm³/mol. The van der Waals surface area contributed by atoms with E-state index in [1.54, 1.807) is 28.6 Å². The molecule has 2 aliphatic rings. The summed E-state index contributed by atoms with van der Waals surface area (Å²) in [4.78, 5) is 21.2. The van der Waals surface area contributed by atoms with Crippen molar-refractivity contribution in [2.24, 2.45) is 0 Å². The number of para-hydroxylation sites is 1. The van der Waals surface area contributed by atoms with Gasteiger partial charge in [-0.05, 0) is 48.7 Å². The van der Waals surface area contributed by atoms with Crippen molar-refractivity contribution in [1.82, 2.24) is 4.98 Å². The first-order valence-electron chi connectivity index (χ1n) is 9.71. The third kappa shape index (κ3) is 3.33. The van der Waals surface area contributed by atoms with Crippen LogP contribution in [0.2, 0.25) is 0 Å². The molecular formula is C21H20N4O3S2. The van der Waals surface area contributed by atoms with Gasteiger partial charge in [0.25, 0.3) is 10.0 Å². The first-order valence-corrected chi connectivity index (χ1v) is 12.1. The zero-order valence-electron chi connectivity index (χ0n) is 16.1. The molecule has 0 bridgehead atoms. The molecule has 154 valence electrons. The molecule has 1 atom stereocenters. The lowest BCUT2D eigenvalue weighted by Gasteiger charge is -2.26. The topological polar surface area (TPSA) is 82.6 Å². The summed E-state index contributed by atoms with van der Waals surface area (Å²) < 4.78 is 27.5. The van der Waals surface area contributed by atoms with Crippen LogP contribution in [0.1, 0.15) is 12.0 Å². The number of carbonyl (C=O) groups is 1. The summed E-state index contributed by atoms with van der Waals surface area (Å²) in [7, 11) is -3.71. The molecule has 3 heterocycles. The van der Waals surface area contributed by atoms with Crippen LogP contribution in [0.25, 0.3) is 0 Å². The van der Waals surface area contributed by atoms with Gasteiger partial charge in [-0.1, -0.05) is 18.2 Å². The Hall–Kier alpha value is -2.91. The van der Waals surface area contributed by atoms with E-state index in [2.05, 4.69) is 26.7 Å². The minimum Gasteiger partial charge on any atom is -0.359 e. The smallest absolute Gasteiger partial charge is 0.263 e. The maximum Gasteiger partial charge on any atom is 0.263 e. The molecule has 1 N–H and O–H groups in total. The van der Waals surface area contributed by atoms with Gasteiger partial charge >= 0.3 is 0 Å². The van der Waals surface area contributed by atoms with Gasteiger partial charge < -0.3 is 9.80 Å². The predicted octanol–water partition coefficient (Wildman–Crippen LogP) is 3.11. The molecule has 7 nitrogen and oxygen atoms in total. The molecule has 1 aromatic heterocycles. The zero-order valence-corrected chi connectivity index (χ0v) is 17.7. The van der Waals surface area contributed by atoms with Gasteiger partial charge in [-0.3, -0.25) is 9.52 Å². The SMILES string of the molecule is O=C1[C@@H](N2CCc3ccccc32)CCN1c1ccc(S(=O)(=O)Nc2nccs2)cc1. The van der Waals surface area contributed by atoms with Crippen molar-refractivity contribution in [2.75, 3.05) is 27.6 Å². The minimum atomic E-state index is -3.71. The van der Waals surface area contributed by atoms with Crippen LogP contribution in [0.5, 0.6) is 0 Å². The van der Waals surface area contributed by atoms with Crippen LogP contribution < -0.4 is 14.5 Å². The van der Waals surface area contributed by atoms with Crippen molar-refractivity contribution in [3.63, 3.8) is 0 Å². The number of carbonyl (C=O) groups excluding carboxylic acids is 1. The van der Waals surface area contributed by atoms with Crippen LogP contribution in [-0.2, 0) is 21.2 Å². The number of hydrogen-bond donors (Lipinski definition) is 1. The number of rotatable bonds is 5. The van der Waals surface area contributed by atoms with Gasteiger partial charge in [-0.2, -0.15) is 0 Å². The first kappa shape index (κ1) is 19.1. The van der Waals surface area contributed by atoms with Crippen LogP contribution in [-0.4, -0.2) is 38.4 Å². The van der Waals surface area contributed by atoms with Crippen LogP contribution >= 0.6 is 11.3 Å². The van der Waals surface area contributed by atoms with E-state index in [9.17, 15) is 13.2 Å². The van der Waals surface area contributed by atoms with E-state index < -0.39 is 10.0 Å². The molecule has 30 heavy (non-hydrogen) atoms. The number of anilines is 3. The van der Waals surface area contributed by atoms with Crippen molar-refractivity contribution in [2.45, 2.75) is 23.8 Å². The molecule has 0 spiro atoms. The fourth-order valence-corrected chi connectivity index (χ4v) is 5.94. The molecule has 9 heteroatoms. The second-order valence-corrected chi connectivity index (χ2v) is 9.88. The number of amides is 1. The monoisotopic (exact) mass is 440 g/mol. The van der Waals surface area contributed by atoms with E-state index in [-0.39, 0.29) is 16.8 Å². The molecule has 1 amide bonds. The fraction of sp³-hybridized carbons (Fsp3) is 0.238. The van der Waals surface area contributed by atoms with E-state index in [0.29, 0.717) is 17.4 Å². The number of nitrogens with one attached hydrogen (secondary N) is 1. The molecule has 0 saturated carbocycles. The van der Waals surface area contributed by atoms with Gasteiger partial charge in [0, 0.05) is 36.0 Å². The van der Waals surface area contributed by atoms with Crippen LogP contribution in [0, 0.1) is 0 Å². The number of fused-ring (bicyclic) bond motifs is 1. The van der Waals surface area contributed by atoms with Gasteiger partial charge in [0.15, 0.2) is 5.13 Å². The second kappa shape index (κ2) is 7.41. The highest BCUT2D eigenvalue weighted by Crippen LogP contribution is 2.34. The highest BCUT2D eigenvalue weighted by atomic mass is 32.2. The molecular weight excluding hydrogens is 420 g/mol. The average molecular weight is 441 g/mol. The minimum absolute atomic E-state index is 0.0585. The van der Waals surface area contributed by atoms with E-state index in [1.807, 2.05) is 12.1 Å². The lowest BCUT2D eigenvalue weighted by molar-refractivity contribution is -0.118. The number of aromatic nitrogens is 1. The van der Waals surface area contributed by atoms with Crippen LogP contribution in [0.4, 0.5) is 16.5 Å². The molecule has 0 radical (unpaired) electrons. The molecule has 3 aromatic rings. The Morgan fingerprint density at radius 1 is 1.07 bits per heavy atom. The maximum atomic E-state index is 13.1. The summed E-state index contributed by atoms with van der Waals surface area (Å²) in [5, 5.41) is 2.03. The molecule has 1 fully saturated rings. The van der Waals surface area contributed by atoms with Crippen LogP contribution in [0.15, 0.2) is 65.0 Å². The molecule has 5 rings (SSSR count). The summed E-state index contributed by atoms with van der Waals surface area (Å²) in [5.41, 5.74) is 3.14. The normalized spacial score (nSPS) is 18.7. The number of sulfonamides is 1. The Balaban J connectivity index is 1.33. The Kier molecular flexibility index (Phi) is 4.71. The summed E-state index contributed by atoms with van der Waals surface area (Å²) >= 11 is 1.22. The van der Waals surface area contributed by atoms with Crippen molar-refractivity contribution >= 4 is 43.8 Å². The van der Waals surface area contributed by atoms with Crippen molar-refractivity contribution in [3.8, 4) is 0 Å². The molecule has 0 unspecified atom stereocenters. The third-order valence-electron chi connectivity index (χ3n) is 5.59. The maximum absolute atomic E-state index is 13.1. The molecule has 2 aliphatic heterocycles. The highest BCUT2D eigenvalue weighted by Gasteiger charge is 2.39. The Morgan fingerprint density at radius 3 is 2.63 bits per heavy atom. The summed E-state index contributed by atoms with van der Waals surface area (Å²) in [6, 6.07) is 14.5. The van der Waals surface area contributed by atoms with Gasteiger partial charge in [0.1, 0.15) is 6.04 Å². The number of benzene rings is 2. The van der Waals surface area contributed by atoms with Gasteiger partial charge in [0.05, 0.1) is 4.90 Å². The Morgan fingerprint density at radius 2 is 1.87 bits per heavy atom. The quantitative estimate of drug-likeness (QED) is 0.659. The standard InChI is InChI=1S/C21H20N4O3S2/c26-20-19(25-12-9-15-3-1-2-4-18(15)25)10-13-24(20)16-5-7-17(8-6-16)30(27,28)23-21-22-11-14-29-21/h1-8,11,14,19H,9-10,12-13H2,(H,22,23)/t19-/m0/s1. The van der Waals surface area contributed by atoms with Crippen molar-refractivity contribution in [3.05, 3.63) is 65.7 Å². The largest absolute Gasteiger partial charge is 0.359 e. The average Bonchev–Trinajstić information content (AvgIpc) is 3.48. The van der Waals surface area contributed by atoms with Crippen molar-refractivity contribution < 1.29 is 13.2 Å².